The largest absolute Gasteiger partial charge is 0.444 e. The summed E-state index contributed by atoms with van der Waals surface area (Å²) in [5, 5.41) is 7.25. The SMILES string of the molecule is CC(C)(C)OC(=O)NC1=NC(C)(c2cc(Br)cc(CC(=O)c3ccc(Br)cc3)c2)CCS1.CC(C)(C)OC(=O)NC1=NC(C)(c2cc(N)cc(Br)c2)CCS1.CC1(c2cc(Br)cc(CC(=O)c3ccc(Br)cc3)c2)CCSC(N)=N1.Cl. The zero-order valence-corrected chi connectivity index (χ0v) is 57.6. The van der Waals surface area contributed by atoms with Gasteiger partial charge < -0.3 is 20.9 Å². The average molecular weight is 1500 g/mol. The first-order chi connectivity index (χ1) is 37.4. The Bertz CT molecular complexity index is 3180. The molecule has 6 N–H and O–H groups in total. The number of amidine groups is 3. The fourth-order valence-corrected chi connectivity index (χ4v) is 13.8. The Balaban J connectivity index is 0.000000225. The molecular weight excluding hydrogens is 1430 g/mol. The van der Waals surface area contributed by atoms with Gasteiger partial charge >= 0.3 is 12.2 Å². The number of nitrogens with two attached hydrogens (primary N) is 2. The van der Waals surface area contributed by atoms with Crippen LogP contribution in [-0.4, -0.2) is 67.7 Å². The molecule has 3 aliphatic rings. The maximum absolute atomic E-state index is 12.8. The minimum atomic E-state index is -0.576. The number of nitrogens with one attached hydrogen (secondary N) is 2. The van der Waals surface area contributed by atoms with Gasteiger partial charge in [0.25, 0.3) is 0 Å². The maximum Gasteiger partial charge on any atom is 0.413 e. The molecule has 3 unspecified atom stereocenters. The number of benzene rings is 5. The molecule has 3 aliphatic heterocycles. The summed E-state index contributed by atoms with van der Waals surface area (Å²) in [6.45, 7) is 17.2. The number of aliphatic imine (C=N–C) groups is 3. The molecule has 13 nitrogen and oxygen atoms in total. The zero-order valence-electron chi connectivity index (χ0n) is 46.4. The number of Topliss-reactive ketones (excluding diaryl/α,β-unsaturated/α-hetero) is 2. The van der Waals surface area contributed by atoms with Gasteiger partial charge in [-0.15, -0.1) is 12.4 Å². The van der Waals surface area contributed by atoms with Crippen LogP contribution < -0.4 is 22.1 Å². The predicted octanol–water partition coefficient (Wildman–Crippen LogP) is 16.9. The van der Waals surface area contributed by atoms with Crippen LogP contribution in [0.1, 0.15) is 130 Å². The molecule has 0 bridgehead atoms. The number of ketones is 2. The Morgan fingerprint density at radius 1 is 0.506 bits per heavy atom. The Morgan fingerprint density at radius 3 is 1.21 bits per heavy atom. The first kappa shape index (κ1) is 68.1. The van der Waals surface area contributed by atoms with Crippen LogP contribution in [0.4, 0.5) is 15.3 Å². The number of anilines is 1. The molecule has 81 heavy (non-hydrogen) atoms. The van der Waals surface area contributed by atoms with Crippen molar-refractivity contribution in [1.29, 1.82) is 0 Å². The third-order valence-electron chi connectivity index (χ3n) is 12.5. The van der Waals surface area contributed by atoms with Gasteiger partial charge in [0.15, 0.2) is 27.1 Å². The van der Waals surface area contributed by atoms with E-state index >= 15 is 0 Å². The van der Waals surface area contributed by atoms with Crippen molar-refractivity contribution in [1.82, 2.24) is 10.6 Å². The number of carbonyl (C=O) groups is 4. The number of thioether (sulfide) groups is 3. The van der Waals surface area contributed by atoms with Crippen LogP contribution in [0.3, 0.4) is 0 Å². The number of ether oxygens (including phenoxy) is 2. The van der Waals surface area contributed by atoms with Gasteiger partial charge in [0.2, 0.25) is 0 Å². The summed E-state index contributed by atoms with van der Waals surface area (Å²) < 4.78 is 15.3. The second-order valence-corrected chi connectivity index (χ2v) is 29.7. The quantitative estimate of drug-likeness (QED) is 0.0808. The second-order valence-electron chi connectivity index (χ2n) is 21.8. The lowest BCUT2D eigenvalue weighted by Crippen LogP contribution is -2.38. The van der Waals surface area contributed by atoms with E-state index in [2.05, 4.69) is 114 Å². The van der Waals surface area contributed by atoms with Crippen LogP contribution in [0, 0.1) is 0 Å². The van der Waals surface area contributed by atoms with Gasteiger partial charge in [-0.1, -0.05) is 151 Å². The van der Waals surface area contributed by atoms with Crippen LogP contribution in [0.25, 0.3) is 0 Å². The number of nitrogen functional groups attached to an aromatic ring is 1. The third kappa shape index (κ3) is 21.4. The van der Waals surface area contributed by atoms with E-state index < -0.39 is 34.5 Å². The minimum absolute atomic E-state index is 0. The molecule has 3 heterocycles. The van der Waals surface area contributed by atoms with E-state index in [-0.39, 0.29) is 29.5 Å². The molecule has 0 aromatic heterocycles. The molecule has 0 radical (unpaired) electrons. The topological polar surface area (TPSA) is 200 Å². The van der Waals surface area contributed by atoms with Gasteiger partial charge in [-0.25, -0.2) is 9.59 Å². The molecule has 5 aromatic carbocycles. The van der Waals surface area contributed by atoms with E-state index in [0.29, 0.717) is 45.2 Å². The number of nitrogens with zero attached hydrogens (tertiary/aromatic N) is 3. The molecule has 22 heteroatoms. The number of amides is 2. The summed E-state index contributed by atoms with van der Waals surface area (Å²) in [6.07, 6.45) is 2.27. The number of carbonyl (C=O) groups excluding carboxylic acids is 4. The first-order valence-corrected chi connectivity index (χ1v) is 32.5. The lowest BCUT2D eigenvalue weighted by molar-refractivity contribution is 0.0552. The highest BCUT2D eigenvalue weighted by molar-refractivity contribution is 9.11. The van der Waals surface area contributed by atoms with Crippen LogP contribution in [0.15, 0.2) is 140 Å². The van der Waals surface area contributed by atoms with Crippen LogP contribution in [-0.2, 0) is 38.9 Å². The summed E-state index contributed by atoms with van der Waals surface area (Å²) >= 11 is 22.0. The van der Waals surface area contributed by atoms with Gasteiger partial charge in [0.1, 0.15) is 11.2 Å². The molecule has 0 saturated carbocycles. The number of halogens is 6. The van der Waals surface area contributed by atoms with E-state index in [0.717, 1.165) is 86.7 Å². The molecule has 434 valence electrons. The van der Waals surface area contributed by atoms with Gasteiger partial charge in [-0.05, 0) is 176 Å². The van der Waals surface area contributed by atoms with Gasteiger partial charge in [-0.3, -0.25) is 35.2 Å². The number of hydrogen-bond donors (Lipinski definition) is 4. The third-order valence-corrected chi connectivity index (χ3v) is 17.5. The Labute approximate surface area is 536 Å². The summed E-state index contributed by atoms with van der Waals surface area (Å²) in [4.78, 5) is 63.7. The molecule has 0 saturated heterocycles. The summed E-state index contributed by atoms with van der Waals surface area (Å²) in [6, 6.07) is 32.8. The van der Waals surface area contributed by atoms with E-state index in [1.165, 1.54) is 23.5 Å². The highest BCUT2D eigenvalue weighted by Gasteiger charge is 2.34. The van der Waals surface area contributed by atoms with Crippen molar-refractivity contribution in [2.45, 2.75) is 122 Å². The summed E-state index contributed by atoms with van der Waals surface area (Å²) in [7, 11) is 0. The molecule has 0 fully saturated rings. The van der Waals surface area contributed by atoms with Crippen LogP contribution in [0.2, 0.25) is 0 Å². The van der Waals surface area contributed by atoms with Crippen molar-refractivity contribution >= 4 is 172 Å². The maximum atomic E-state index is 12.8. The highest BCUT2D eigenvalue weighted by Crippen LogP contribution is 2.40. The van der Waals surface area contributed by atoms with Gasteiger partial charge in [0, 0.05) is 69.3 Å². The molecule has 2 amide bonds. The van der Waals surface area contributed by atoms with Gasteiger partial charge in [-0.2, -0.15) is 0 Å². The van der Waals surface area contributed by atoms with Crippen LogP contribution in [0.5, 0.6) is 0 Å². The van der Waals surface area contributed by atoms with Crippen molar-refractivity contribution in [3.63, 3.8) is 0 Å². The average Bonchev–Trinajstić information content (AvgIpc) is 3.39. The van der Waals surface area contributed by atoms with E-state index in [1.54, 1.807) is 11.8 Å². The number of rotatable bonds is 9. The van der Waals surface area contributed by atoms with Crippen molar-refractivity contribution in [3.05, 3.63) is 164 Å². The summed E-state index contributed by atoms with van der Waals surface area (Å²) in [5.74, 6) is 2.78. The fraction of sp³-hybridized carbons (Fsp3) is 0.373. The first-order valence-electron chi connectivity index (χ1n) is 25.5. The highest BCUT2D eigenvalue weighted by atomic mass is 79.9. The molecule has 5 aromatic rings. The van der Waals surface area contributed by atoms with E-state index in [4.69, 9.17) is 30.9 Å². The second kappa shape index (κ2) is 29.4. The van der Waals surface area contributed by atoms with Crippen molar-refractivity contribution < 1.29 is 28.7 Å². The molecular formula is C59H67Br5ClN7O6S3. The number of hydrogen-bond acceptors (Lipinski definition) is 14. The standard InChI is InChI=1S/C24H26Br2N2O3S.C19H18Br2N2OS.C16H22BrN3O2S.ClH/c1-23(2,3)31-22(30)27-21-28-24(4,9-10-32-21)17-11-15(12-19(26)14-17)13-20(29)16-5-7-18(25)8-6-16;1-19(6-7-25-18(22)23-19)14-8-12(9-16(21)11-14)10-17(24)13-2-4-15(20)5-3-13;1-15(2,3)22-14(21)19-13-20-16(4,5-6-23-13)10-7-11(17)9-12(18)8-10;/h5-8,11-12,14H,9-10,13H2,1-4H3,(H,27,28,30);2-5,8-9,11H,6-7,10H2,1H3,(H2,22,23);7-9H,5-6,18H2,1-4H3,(H,19,20,21);1H. The normalized spacial score (nSPS) is 19.7. The zero-order chi connectivity index (χ0) is 58.8. The van der Waals surface area contributed by atoms with Crippen LogP contribution >= 0.6 is 127 Å². The Morgan fingerprint density at radius 2 is 0.852 bits per heavy atom. The van der Waals surface area contributed by atoms with Crippen molar-refractivity contribution in [3.8, 4) is 0 Å². The van der Waals surface area contributed by atoms with E-state index in [9.17, 15) is 19.2 Å². The van der Waals surface area contributed by atoms with Gasteiger partial charge in [0.05, 0.1) is 16.6 Å². The van der Waals surface area contributed by atoms with E-state index in [1.807, 2.05) is 146 Å². The molecule has 0 aliphatic carbocycles. The number of alkyl carbamates (subject to hydrolysis) is 2. The monoisotopic (exact) mass is 1490 g/mol. The molecule has 3 atom stereocenters. The minimum Gasteiger partial charge on any atom is -0.444 e. The van der Waals surface area contributed by atoms with Crippen molar-refractivity contribution in [2.75, 3.05) is 23.0 Å². The lowest BCUT2D eigenvalue weighted by atomic mass is 9.88. The Kier molecular flexibility index (Phi) is 24.7. The Hall–Kier alpha value is -3.67. The molecule has 8 rings (SSSR count). The predicted molar refractivity (Wildman–Crippen MR) is 357 cm³/mol. The van der Waals surface area contributed by atoms with Crippen molar-refractivity contribution in [2.24, 2.45) is 20.7 Å². The fourth-order valence-electron chi connectivity index (χ4n) is 8.44. The lowest BCUT2D eigenvalue weighted by Gasteiger charge is -2.31. The smallest absolute Gasteiger partial charge is 0.413 e. The molecule has 0 spiro atoms. The summed E-state index contributed by atoms with van der Waals surface area (Å²) in [5.41, 5.74) is 16.6.